The number of benzene rings is 1. The third-order valence-corrected chi connectivity index (χ3v) is 6.79. The molecule has 0 aliphatic carbocycles. The largest absolute Gasteiger partial charge is 0.348 e. The molecule has 0 radical (unpaired) electrons. The minimum Gasteiger partial charge on any atom is -0.348 e. The molecule has 0 saturated carbocycles. The predicted octanol–water partition coefficient (Wildman–Crippen LogP) is 2.51. The van der Waals surface area contributed by atoms with Gasteiger partial charge in [0.2, 0.25) is 15.9 Å². The molecule has 160 valence electrons. The molecule has 1 atom stereocenters. The summed E-state index contributed by atoms with van der Waals surface area (Å²) in [6.45, 7) is 4.57. The number of sulfonamides is 1. The van der Waals surface area contributed by atoms with Crippen molar-refractivity contribution >= 4 is 27.0 Å². The number of hydrogen-bond acceptors (Lipinski definition) is 5. The highest BCUT2D eigenvalue weighted by Crippen LogP contribution is 2.23. The van der Waals surface area contributed by atoms with Gasteiger partial charge in [-0.1, -0.05) is 6.07 Å². The lowest BCUT2D eigenvalue weighted by Gasteiger charge is -2.13. The first-order valence-corrected chi connectivity index (χ1v) is 11.3. The molecule has 0 saturated heterocycles. The monoisotopic (exact) mass is 429 g/mol. The van der Waals surface area contributed by atoms with Crippen LogP contribution in [0.1, 0.15) is 37.8 Å². The van der Waals surface area contributed by atoms with Crippen LogP contribution in [-0.2, 0) is 27.8 Å². The minimum absolute atomic E-state index is 0.0845. The molecule has 1 unspecified atom stereocenters. The molecule has 1 aromatic carbocycles. The van der Waals surface area contributed by atoms with Crippen molar-refractivity contribution in [2.75, 3.05) is 14.1 Å². The Labute approximate surface area is 177 Å². The van der Waals surface area contributed by atoms with E-state index in [9.17, 15) is 13.2 Å². The number of imidazole rings is 1. The van der Waals surface area contributed by atoms with Crippen LogP contribution in [0.4, 0.5) is 0 Å². The Kier molecular flexibility index (Phi) is 6.52. The van der Waals surface area contributed by atoms with E-state index in [1.807, 2.05) is 36.6 Å². The summed E-state index contributed by atoms with van der Waals surface area (Å²) in [6, 6.07) is 10.4. The predicted molar refractivity (Wildman–Crippen MR) is 115 cm³/mol. The van der Waals surface area contributed by atoms with Gasteiger partial charge >= 0.3 is 0 Å². The summed E-state index contributed by atoms with van der Waals surface area (Å²) in [7, 11) is -0.530. The number of nitrogens with one attached hydrogen (secondary N) is 1. The Morgan fingerprint density at radius 3 is 2.63 bits per heavy atom. The molecule has 8 nitrogen and oxygen atoms in total. The van der Waals surface area contributed by atoms with Crippen molar-refractivity contribution in [2.45, 2.75) is 44.2 Å². The zero-order valence-corrected chi connectivity index (χ0v) is 18.5. The van der Waals surface area contributed by atoms with Gasteiger partial charge in [0, 0.05) is 39.7 Å². The lowest BCUT2D eigenvalue weighted by Crippen LogP contribution is -2.27. The molecule has 2 heterocycles. The molecule has 30 heavy (non-hydrogen) atoms. The van der Waals surface area contributed by atoms with Crippen LogP contribution in [0.25, 0.3) is 11.0 Å². The van der Waals surface area contributed by atoms with Gasteiger partial charge in [-0.25, -0.2) is 17.7 Å². The Morgan fingerprint density at radius 1 is 1.23 bits per heavy atom. The van der Waals surface area contributed by atoms with Gasteiger partial charge in [-0.05, 0) is 44.2 Å². The highest BCUT2D eigenvalue weighted by atomic mass is 32.2. The quantitative estimate of drug-likeness (QED) is 0.593. The maximum absolute atomic E-state index is 12.4. The van der Waals surface area contributed by atoms with Crippen LogP contribution < -0.4 is 5.32 Å². The van der Waals surface area contributed by atoms with E-state index < -0.39 is 10.0 Å². The highest BCUT2D eigenvalue weighted by molar-refractivity contribution is 7.89. The Morgan fingerprint density at radius 2 is 2.00 bits per heavy atom. The normalized spacial score (nSPS) is 13.0. The van der Waals surface area contributed by atoms with E-state index in [0.717, 1.165) is 17.0 Å². The summed E-state index contributed by atoms with van der Waals surface area (Å²) in [6.07, 6.45) is 2.44. The SMILES string of the molecule is CCn1c(CCC(=O)NC(C)c2ccccn2)nc2cc(S(=O)(=O)N(C)C)ccc21. The van der Waals surface area contributed by atoms with E-state index in [0.29, 0.717) is 18.5 Å². The Bertz CT molecular complexity index is 1140. The minimum atomic E-state index is -3.53. The van der Waals surface area contributed by atoms with E-state index in [1.54, 1.807) is 24.4 Å². The second kappa shape index (κ2) is 8.93. The average molecular weight is 430 g/mol. The Balaban J connectivity index is 1.76. The van der Waals surface area contributed by atoms with Crippen molar-refractivity contribution in [3.63, 3.8) is 0 Å². The maximum Gasteiger partial charge on any atom is 0.242 e. The number of amides is 1. The van der Waals surface area contributed by atoms with Crippen molar-refractivity contribution in [1.82, 2.24) is 24.2 Å². The van der Waals surface area contributed by atoms with Crippen molar-refractivity contribution < 1.29 is 13.2 Å². The van der Waals surface area contributed by atoms with Crippen LogP contribution in [0.5, 0.6) is 0 Å². The first kappa shape index (κ1) is 21.9. The second-order valence-corrected chi connectivity index (χ2v) is 9.41. The van der Waals surface area contributed by atoms with Crippen LogP contribution >= 0.6 is 0 Å². The molecule has 1 amide bonds. The number of carbonyl (C=O) groups is 1. The maximum atomic E-state index is 12.4. The van der Waals surface area contributed by atoms with Crippen LogP contribution in [0.15, 0.2) is 47.5 Å². The zero-order chi connectivity index (χ0) is 21.9. The summed E-state index contributed by atoms with van der Waals surface area (Å²) in [5.74, 6) is 0.672. The molecule has 9 heteroatoms. The first-order valence-electron chi connectivity index (χ1n) is 9.86. The number of fused-ring (bicyclic) bond motifs is 1. The fraction of sp³-hybridized carbons (Fsp3) is 0.381. The molecule has 0 aliphatic rings. The zero-order valence-electron chi connectivity index (χ0n) is 17.7. The van der Waals surface area contributed by atoms with E-state index in [-0.39, 0.29) is 23.3 Å². The van der Waals surface area contributed by atoms with E-state index in [2.05, 4.69) is 15.3 Å². The molecule has 1 N–H and O–H groups in total. The molecule has 0 aliphatic heterocycles. The van der Waals surface area contributed by atoms with Gasteiger partial charge in [-0.2, -0.15) is 0 Å². The molecule has 3 rings (SSSR count). The fourth-order valence-electron chi connectivity index (χ4n) is 3.32. The van der Waals surface area contributed by atoms with Crippen LogP contribution in [0, 0.1) is 0 Å². The fourth-order valence-corrected chi connectivity index (χ4v) is 4.24. The molecular weight excluding hydrogens is 402 g/mol. The smallest absolute Gasteiger partial charge is 0.242 e. The molecule has 0 spiro atoms. The van der Waals surface area contributed by atoms with E-state index >= 15 is 0 Å². The van der Waals surface area contributed by atoms with E-state index in [1.165, 1.54) is 18.4 Å². The van der Waals surface area contributed by atoms with Crippen molar-refractivity contribution in [2.24, 2.45) is 0 Å². The standard InChI is InChI=1S/C21H27N5O3S/c1-5-26-19-10-9-16(30(28,29)25(3)4)14-18(19)24-20(26)11-12-21(27)23-15(2)17-8-6-7-13-22-17/h6-10,13-15H,5,11-12H2,1-4H3,(H,23,27). The number of pyridine rings is 1. The van der Waals surface area contributed by atoms with Crippen molar-refractivity contribution in [1.29, 1.82) is 0 Å². The molecule has 0 fully saturated rings. The van der Waals surface area contributed by atoms with Crippen LogP contribution in [-0.4, -0.2) is 47.3 Å². The lowest BCUT2D eigenvalue weighted by molar-refractivity contribution is -0.121. The number of aryl methyl sites for hydroxylation is 2. The number of rotatable bonds is 8. The van der Waals surface area contributed by atoms with Crippen LogP contribution in [0.2, 0.25) is 0 Å². The summed E-state index contributed by atoms with van der Waals surface area (Å²) >= 11 is 0. The third-order valence-electron chi connectivity index (χ3n) is 4.98. The summed E-state index contributed by atoms with van der Waals surface area (Å²) in [5, 5.41) is 2.96. The second-order valence-electron chi connectivity index (χ2n) is 7.25. The third kappa shape index (κ3) is 4.52. The highest BCUT2D eigenvalue weighted by Gasteiger charge is 2.20. The van der Waals surface area contributed by atoms with Gasteiger partial charge in [0.15, 0.2) is 0 Å². The first-order chi connectivity index (χ1) is 14.2. The van der Waals surface area contributed by atoms with Crippen molar-refractivity contribution in [3.05, 3.63) is 54.1 Å². The van der Waals surface area contributed by atoms with Gasteiger partial charge in [-0.3, -0.25) is 9.78 Å². The number of nitrogens with zero attached hydrogens (tertiary/aromatic N) is 4. The average Bonchev–Trinajstić information content (AvgIpc) is 3.09. The van der Waals surface area contributed by atoms with Gasteiger partial charge < -0.3 is 9.88 Å². The summed E-state index contributed by atoms with van der Waals surface area (Å²) in [4.78, 5) is 21.5. The number of carbonyl (C=O) groups excluding carboxylic acids is 1. The van der Waals surface area contributed by atoms with Gasteiger partial charge in [-0.15, -0.1) is 0 Å². The Hall–Kier alpha value is -2.78. The van der Waals surface area contributed by atoms with E-state index in [4.69, 9.17) is 0 Å². The summed E-state index contributed by atoms with van der Waals surface area (Å²) < 4.78 is 28.0. The van der Waals surface area contributed by atoms with Gasteiger partial charge in [0.25, 0.3) is 0 Å². The summed E-state index contributed by atoms with van der Waals surface area (Å²) in [5.41, 5.74) is 2.27. The van der Waals surface area contributed by atoms with Gasteiger partial charge in [0.05, 0.1) is 27.7 Å². The molecule has 0 bridgehead atoms. The number of hydrogen-bond donors (Lipinski definition) is 1. The van der Waals surface area contributed by atoms with Gasteiger partial charge in [0.1, 0.15) is 5.82 Å². The molecular formula is C21H27N5O3S. The van der Waals surface area contributed by atoms with Crippen molar-refractivity contribution in [3.8, 4) is 0 Å². The topological polar surface area (TPSA) is 97.2 Å². The molecule has 3 aromatic rings. The van der Waals surface area contributed by atoms with Crippen LogP contribution in [0.3, 0.4) is 0 Å². The molecule has 2 aromatic heterocycles. The lowest BCUT2D eigenvalue weighted by atomic mass is 10.2. The number of aromatic nitrogens is 3.